The Balaban J connectivity index is 4.30. The van der Waals surface area contributed by atoms with E-state index in [-0.39, 0.29) is 11.9 Å². The van der Waals surface area contributed by atoms with Gasteiger partial charge < -0.3 is 9.47 Å². The van der Waals surface area contributed by atoms with Crippen LogP contribution in [-0.4, -0.2) is 40.2 Å². The number of thioether (sulfide) groups is 2. The highest BCUT2D eigenvalue weighted by Crippen LogP contribution is 2.31. The maximum atomic E-state index is 12.0. The molecule has 0 amide bonds. The molecule has 0 aromatic carbocycles. The van der Waals surface area contributed by atoms with Crippen LogP contribution in [0.25, 0.3) is 0 Å². The molecule has 7 heteroatoms. The third-order valence-corrected chi connectivity index (χ3v) is 6.70. The third-order valence-electron chi connectivity index (χ3n) is 3.08. The smallest absolute Gasteiger partial charge is 0.312 e. The summed E-state index contributed by atoms with van der Waals surface area (Å²) in [6, 6.07) is 0. The second-order valence-electron chi connectivity index (χ2n) is 6.87. The molecule has 0 aliphatic carbocycles. The summed E-state index contributed by atoms with van der Waals surface area (Å²) in [5.74, 6) is 0.714. The Kier molecular flexibility index (Phi) is 11.2. The number of hydrogen-bond acceptors (Lipinski definition) is 7. The van der Waals surface area contributed by atoms with E-state index >= 15 is 0 Å². The van der Waals surface area contributed by atoms with Crippen LogP contribution in [0.1, 0.15) is 54.4 Å². The maximum absolute atomic E-state index is 12.0. The van der Waals surface area contributed by atoms with Crippen LogP contribution in [0.4, 0.5) is 0 Å². The molecule has 0 atom stereocenters. The number of rotatable bonds is 10. The van der Waals surface area contributed by atoms with Crippen molar-refractivity contribution in [2.45, 2.75) is 54.4 Å². The SMILES string of the molecule is CCCOC(=O)C(C)(C)CSC(=S)SCC(C)(C)C(=O)OCCC. The van der Waals surface area contributed by atoms with Gasteiger partial charge in [-0.05, 0) is 40.5 Å². The van der Waals surface area contributed by atoms with Crippen LogP contribution in [0.15, 0.2) is 0 Å². The third kappa shape index (κ3) is 9.28. The summed E-state index contributed by atoms with van der Waals surface area (Å²) in [5.41, 5.74) is -1.17. The summed E-state index contributed by atoms with van der Waals surface area (Å²) in [7, 11) is 0. The predicted molar refractivity (Wildman–Crippen MR) is 108 cm³/mol. The van der Waals surface area contributed by atoms with Crippen LogP contribution in [0, 0.1) is 10.8 Å². The summed E-state index contributed by atoms with van der Waals surface area (Å²) in [4.78, 5) is 24.0. The largest absolute Gasteiger partial charge is 0.465 e. The predicted octanol–water partition coefficient (Wildman–Crippen LogP) is 4.70. The van der Waals surface area contributed by atoms with Gasteiger partial charge in [0.25, 0.3) is 0 Å². The van der Waals surface area contributed by atoms with Crippen molar-refractivity contribution < 1.29 is 19.1 Å². The van der Waals surface area contributed by atoms with Crippen molar-refractivity contribution >= 4 is 51.2 Å². The molecule has 0 unspecified atom stereocenters. The number of carbonyl (C=O) groups is 2. The van der Waals surface area contributed by atoms with Crippen molar-refractivity contribution in [3.05, 3.63) is 0 Å². The molecule has 0 N–H and O–H groups in total. The fourth-order valence-corrected chi connectivity index (χ4v) is 3.65. The highest BCUT2D eigenvalue weighted by Gasteiger charge is 2.32. The average molecular weight is 395 g/mol. The van der Waals surface area contributed by atoms with Crippen LogP contribution in [0.5, 0.6) is 0 Å². The summed E-state index contributed by atoms with van der Waals surface area (Å²) < 4.78 is 11.1. The topological polar surface area (TPSA) is 52.6 Å². The summed E-state index contributed by atoms with van der Waals surface area (Å²) in [6.07, 6.45) is 1.62. The van der Waals surface area contributed by atoms with Crippen LogP contribution < -0.4 is 0 Å². The first kappa shape index (κ1) is 23.7. The first-order valence-electron chi connectivity index (χ1n) is 8.20. The van der Waals surface area contributed by atoms with E-state index in [2.05, 4.69) is 0 Å². The minimum Gasteiger partial charge on any atom is -0.465 e. The first-order chi connectivity index (χ1) is 11.1. The maximum Gasteiger partial charge on any atom is 0.312 e. The fraction of sp³-hybridized carbons (Fsp3) is 0.824. The van der Waals surface area contributed by atoms with E-state index in [9.17, 15) is 9.59 Å². The lowest BCUT2D eigenvalue weighted by Gasteiger charge is -2.24. The van der Waals surface area contributed by atoms with Crippen molar-refractivity contribution in [2.24, 2.45) is 10.8 Å². The molecule has 0 rings (SSSR count). The molecule has 0 aromatic rings. The highest BCUT2D eigenvalue weighted by atomic mass is 32.2. The molecular formula is C17H30O4S3. The fourth-order valence-electron chi connectivity index (χ4n) is 1.42. The Hall–Kier alpha value is -0.270. The molecule has 0 aliphatic rings. The van der Waals surface area contributed by atoms with Crippen molar-refractivity contribution in [2.75, 3.05) is 24.7 Å². The number of hydrogen-bond donors (Lipinski definition) is 0. The van der Waals surface area contributed by atoms with Gasteiger partial charge in [0.05, 0.1) is 24.0 Å². The van der Waals surface area contributed by atoms with Gasteiger partial charge >= 0.3 is 11.9 Å². The van der Waals surface area contributed by atoms with Gasteiger partial charge in [-0.25, -0.2) is 0 Å². The van der Waals surface area contributed by atoms with E-state index in [4.69, 9.17) is 21.7 Å². The summed E-state index contributed by atoms with van der Waals surface area (Å²) in [6.45, 7) is 12.3. The van der Waals surface area contributed by atoms with Crippen molar-refractivity contribution in [1.29, 1.82) is 0 Å². The molecule has 0 fully saturated rings. The van der Waals surface area contributed by atoms with Gasteiger partial charge in [-0.1, -0.05) is 26.1 Å². The lowest BCUT2D eigenvalue weighted by molar-refractivity contribution is -0.153. The number of carbonyl (C=O) groups excluding carboxylic acids is 2. The molecule has 140 valence electrons. The molecule has 4 nitrogen and oxygen atoms in total. The van der Waals surface area contributed by atoms with Gasteiger partial charge in [-0.2, -0.15) is 0 Å². The van der Waals surface area contributed by atoms with Gasteiger partial charge in [0.1, 0.15) is 3.53 Å². The van der Waals surface area contributed by atoms with Crippen LogP contribution in [-0.2, 0) is 19.1 Å². The second kappa shape index (κ2) is 11.4. The molecule has 0 aliphatic heterocycles. The van der Waals surface area contributed by atoms with Gasteiger partial charge in [-0.3, -0.25) is 9.59 Å². The zero-order valence-corrected chi connectivity index (χ0v) is 18.0. The average Bonchev–Trinajstić information content (AvgIpc) is 2.53. The molecule has 0 bridgehead atoms. The van der Waals surface area contributed by atoms with E-state index in [1.165, 1.54) is 23.5 Å². The van der Waals surface area contributed by atoms with Gasteiger partial charge in [0.15, 0.2) is 0 Å². The quantitative estimate of drug-likeness (QED) is 0.393. The Morgan fingerprint density at radius 1 is 0.833 bits per heavy atom. The monoisotopic (exact) mass is 394 g/mol. The minimum atomic E-state index is -0.583. The van der Waals surface area contributed by atoms with E-state index in [1.807, 2.05) is 41.5 Å². The van der Waals surface area contributed by atoms with E-state index in [0.717, 1.165) is 16.4 Å². The number of thiocarbonyl (C=S) groups is 1. The minimum absolute atomic E-state index is 0.201. The van der Waals surface area contributed by atoms with Gasteiger partial charge in [-0.15, -0.1) is 23.5 Å². The Morgan fingerprint density at radius 3 is 1.46 bits per heavy atom. The van der Waals surface area contributed by atoms with E-state index in [0.29, 0.717) is 24.7 Å². The van der Waals surface area contributed by atoms with Gasteiger partial charge in [0, 0.05) is 11.5 Å². The zero-order valence-electron chi connectivity index (χ0n) is 15.6. The Bertz CT molecular complexity index is 396. The summed E-state index contributed by atoms with van der Waals surface area (Å²) >= 11 is 8.27. The zero-order chi connectivity index (χ0) is 18.8. The standard InChI is InChI=1S/C17H30O4S3/c1-7-9-20-13(18)16(3,4)11-23-15(22)24-12-17(5,6)14(19)21-10-8-2/h7-12H2,1-6H3. The molecule has 0 saturated carbocycles. The van der Waals surface area contributed by atoms with E-state index in [1.54, 1.807) is 0 Å². The first-order valence-corrected chi connectivity index (χ1v) is 10.6. The molecule has 0 aromatic heterocycles. The molecule has 0 spiro atoms. The highest BCUT2D eigenvalue weighted by molar-refractivity contribution is 8.47. The van der Waals surface area contributed by atoms with Crippen LogP contribution >= 0.6 is 35.7 Å². The number of ether oxygens (including phenoxy) is 2. The normalized spacial score (nSPS) is 11.9. The molecule has 0 radical (unpaired) electrons. The summed E-state index contributed by atoms with van der Waals surface area (Å²) in [5, 5.41) is 0. The van der Waals surface area contributed by atoms with Crippen LogP contribution in [0.3, 0.4) is 0 Å². The van der Waals surface area contributed by atoms with Crippen molar-refractivity contribution in [3.8, 4) is 0 Å². The lowest BCUT2D eigenvalue weighted by atomic mass is 9.97. The Morgan fingerprint density at radius 2 is 1.17 bits per heavy atom. The molecular weight excluding hydrogens is 364 g/mol. The second-order valence-corrected chi connectivity index (χ2v) is 10.0. The Labute approximate surface area is 160 Å². The number of esters is 2. The lowest BCUT2D eigenvalue weighted by Crippen LogP contribution is -2.30. The van der Waals surface area contributed by atoms with Crippen LogP contribution in [0.2, 0.25) is 0 Å². The molecule has 0 heterocycles. The van der Waals surface area contributed by atoms with Crippen molar-refractivity contribution in [1.82, 2.24) is 0 Å². The van der Waals surface area contributed by atoms with E-state index < -0.39 is 10.8 Å². The molecule has 24 heavy (non-hydrogen) atoms. The van der Waals surface area contributed by atoms with Gasteiger partial charge in [0.2, 0.25) is 0 Å². The van der Waals surface area contributed by atoms with Crippen molar-refractivity contribution in [3.63, 3.8) is 0 Å². The molecule has 0 saturated heterocycles.